The number of likely N-dealkylation sites (tertiary alicyclic amines) is 1. The number of piperidine rings is 1. The molecular formula is C18H35N3O2. The summed E-state index contributed by atoms with van der Waals surface area (Å²) in [6, 6.07) is 0. The Hall–Kier alpha value is -0.650. The molecule has 0 spiro atoms. The Morgan fingerprint density at radius 3 is 2.48 bits per heavy atom. The predicted molar refractivity (Wildman–Crippen MR) is 93.2 cm³/mol. The van der Waals surface area contributed by atoms with Gasteiger partial charge in [-0.2, -0.15) is 0 Å². The quantitative estimate of drug-likeness (QED) is 0.748. The highest BCUT2D eigenvalue weighted by Crippen LogP contribution is 2.49. The molecule has 2 atom stereocenters. The van der Waals surface area contributed by atoms with Crippen molar-refractivity contribution >= 4 is 5.91 Å². The van der Waals surface area contributed by atoms with Crippen molar-refractivity contribution in [2.24, 2.45) is 17.1 Å². The van der Waals surface area contributed by atoms with Gasteiger partial charge in [0.05, 0.1) is 6.10 Å². The van der Waals surface area contributed by atoms with Crippen molar-refractivity contribution in [3.05, 3.63) is 0 Å². The number of hydrogen-bond acceptors (Lipinski definition) is 4. The lowest BCUT2D eigenvalue weighted by atomic mass is 9.54. The molecule has 1 heterocycles. The van der Waals surface area contributed by atoms with Crippen molar-refractivity contribution in [1.29, 1.82) is 0 Å². The lowest BCUT2D eigenvalue weighted by Gasteiger charge is -2.57. The van der Waals surface area contributed by atoms with E-state index in [1.807, 2.05) is 20.8 Å². The summed E-state index contributed by atoms with van der Waals surface area (Å²) in [5, 5.41) is 3.12. The van der Waals surface area contributed by atoms with Gasteiger partial charge in [0.25, 0.3) is 0 Å². The lowest BCUT2D eigenvalue weighted by Crippen LogP contribution is -2.75. The second-order valence-corrected chi connectivity index (χ2v) is 7.84. The number of ether oxygens (including phenoxy) is 1. The molecule has 1 amide bonds. The molecule has 0 aromatic heterocycles. The van der Waals surface area contributed by atoms with E-state index in [0.29, 0.717) is 18.9 Å². The van der Waals surface area contributed by atoms with E-state index in [2.05, 4.69) is 17.1 Å². The van der Waals surface area contributed by atoms with E-state index in [-0.39, 0.29) is 17.4 Å². The minimum Gasteiger partial charge on any atom is -0.378 e. The molecule has 0 aromatic rings. The van der Waals surface area contributed by atoms with Gasteiger partial charge < -0.3 is 20.7 Å². The number of hydrogen-bond donors (Lipinski definition) is 2. The van der Waals surface area contributed by atoms with Gasteiger partial charge in [-0.05, 0) is 51.7 Å². The van der Waals surface area contributed by atoms with Crippen LogP contribution in [0.3, 0.4) is 0 Å². The Kier molecular flexibility index (Phi) is 6.09. The normalized spacial score (nSPS) is 31.6. The van der Waals surface area contributed by atoms with E-state index in [9.17, 15) is 4.79 Å². The zero-order valence-electron chi connectivity index (χ0n) is 15.4. The maximum absolute atomic E-state index is 12.6. The fourth-order valence-corrected chi connectivity index (χ4v) is 3.95. The maximum Gasteiger partial charge on any atom is 0.240 e. The molecule has 5 nitrogen and oxygen atoms in total. The van der Waals surface area contributed by atoms with Crippen molar-refractivity contribution < 1.29 is 9.53 Å². The zero-order valence-corrected chi connectivity index (χ0v) is 15.4. The third-order valence-corrected chi connectivity index (χ3v) is 6.03. The van der Waals surface area contributed by atoms with E-state index in [0.717, 1.165) is 19.6 Å². The number of nitrogens with zero attached hydrogens (tertiary/aromatic N) is 1. The van der Waals surface area contributed by atoms with Gasteiger partial charge in [-0.3, -0.25) is 4.79 Å². The van der Waals surface area contributed by atoms with Crippen LogP contribution in [-0.2, 0) is 9.53 Å². The summed E-state index contributed by atoms with van der Waals surface area (Å²) in [6.07, 6.45) is 4.26. The van der Waals surface area contributed by atoms with Crippen molar-refractivity contribution in [2.45, 2.75) is 65.0 Å². The fourth-order valence-electron chi connectivity index (χ4n) is 3.95. The largest absolute Gasteiger partial charge is 0.378 e. The van der Waals surface area contributed by atoms with Crippen LogP contribution < -0.4 is 11.1 Å². The Morgan fingerprint density at radius 1 is 1.30 bits per heavy atom. The van der Waals surface area contributed by atoms with Gasteiger partial charge >= 0.3 is 0 Å². The summed E-state index contributed by atoms with van der Waals surface area (Å²) in [7, 11) is 0. The first kappa shape index (κ1) is 18.7. The average molecular weight is 325 g/mol. The van der Waals surface area contributed by atoms with E-state index in [1.165, 1.54) is 25.8 Å². The fraction of sp³-hybridized carbons (Fsp3) is 0.944. The van der Waals surface area contributed by atoms with Crippen LogP contribution in [0.4, 0.5) is 0 Å². The second-order valence-electron chi connectivity index (χ2n) is 7.84. The van der Waals surface area contributed by atoms with Crippen LogP contribution in [0.25, 0.3) is 0 Å². The molecule has 1 aliphatic heterocycles. The van der Waals surface area contributed by atoms with Gasteiger partial charge in [0.15, 0.2) is 0 Å². The van der Waals surface area contributed by atoms with E-state index in [1.54, 1.807) is 0 Å². The number of carbonyl (C=O) groups is 1. The Morgan fingerprint density at radius 2 is 1.96 bits per heavy atom. The van der Waals surface area contributed by atoms with Crippen LogP contribution in [0.2, 0.25) is 0 Å². The van der Waals surface area contributed by atoms with Crippen molar-refractivity contribution in [2.75, 3.05) is 32.8 Å². The van der Waals surface area contributed by atoms with Crippen LogP contribution in [0.5, 0.6) is 0 Å². The first-order chi connectivity index (χ1) is 10.8. The highest BCUT2D eigenvalue weighted by atomic mass is 16.5. The molecule has 0 radical (unpaired) electrons. The summed E-state index contributed by atoms with van der Waals surface area (Å²) in [5.74, 6) is 0.580. The Balaban J connectivity index is 1.77. The van der Waals surface area contributed by atoms with Gasteiger partial charge in [-0.15, -0.1) is 0 Å². The molecule has 1 saturated carbocycles. The number of nitrogens with one attached hydrogen (secondary N) is 1. The standard InChI is InChI=1S/C18H35N3O2/c1-5-9-21-10-7-14(8-11-21)13-20-16(22)18(19)12-15(23-6-2)17(18,3)4/h14-15H,5-13,19H2,1-4H3,(H,20,22). The van der Waals surface area contributed by atoms with Crippen LogP contribution in [0.1, 0.15) is 53.4 Å². The van der Waals surface area contributed by atoms with Crippen LogP contribution in [0.15, 0.2) is 0 Å². The minimum atomic E-state index is -0.796. The molecule has 3 N–H and O–H groups in total. The molecule has 2 aliphatic rings. The van der Waals surface area contributed by atoms with E-state index >= 15 is 0 Å². The smallest absolute Gasteiger partial charge is 0.240 e. The minimum absolute atomic E-state index is 0.00515. The van der Waals surface area contributed by atoms with Crippen LogP contribution in [0, 0.1) is 11.3 Å². The molecule has 2 fully saturated rings. The molecule has 1 saturated heterocycles. The SMILES string of the molecule is CCCN1CCC(CNC(=O)C2(N)CC(OCC)C2(C)C)CC1. The number of rotatable bonds is 7. The van der Waals surface area contributed by atoms with E-state index in [4.69, 9.17) is 10.5 Å². The number of nitrogens with two attached hydrogens (primary N) is 1. The summed E-state index contributed by atoms with van der Waals surface area (Å²) in [4.78, 5) is 15.1. The van der Waals surface area contributed by atoms with Gasteiger partial charge in [0.2, 0.25) is 5.91 Å². The maximum atomic E-state index is 12.6. The van der Waals surface area contributed by atoms with Gasteiger partial charge in [-0.1, -0.05) is 20.8 Å². The second kappa shape index (κ2) is 7.49. The highest BCUT2D eigenvalue weighted by molar-refractivity contribution is 5.88. The molecule has 0 bridgehead atoms. The summed E-state index contributed by atoms with van der Waals surface area (Å²) in [5.41, 5.74) is 5.32. The predicted octanol–water partition coefficient (Wildman–Crippen LogP) is 1.76. The first-order valence-electron chi connectivity index (χ1n) is 9.26. The highest BCUT2D eigenvalue weighted by Gasteiger charge is 2.62. The van der Waals surface area contributed by atoms with Gasteiger partial charge in [-0.25, -0.2) is 0 Å². The topological polar surface area (TPSA) is 67.6 Å². The molecule has 23 heavy (non-hydrogen) atoms. The Bertz CT molecular complexity index is 405. The first-order valence-corrected chi connectivity index (χ1v) is 9.26. The molecule has 2 unspecified atom stereocenters. The van der Waals surface area contributed by atoms with Crippen molar-refractivity contribution in [1.82, 2.24) is 10.2 Å². The van der Waals surface area contributed by atoms with Crippen LogP contribution >= 0.6 is 0 Å². The molecule has 5 heteroatoms. The zero-order chi connectivity index (χ0) is 17.1. The molecule has 2 rings (SSSR count). The monoisotopic (exact) mass is 325 g/mol. The molecule has 0 aromatic carbocycles. The van der Waals surface area contributed by atoms with Gasteiger partial charge in [0.1, 0.15) is 5.54 Å². The summed E-state index contributed by atoms with van der Waals surface area (Å²) in [6.45, 7) is 13.2. The third kappa shape index (κ3) is 3.72. The van der Waals surface area contributed by atoms with Crippen molar-refractivity contribution in [3.63, 3.8) is 0 Å². The van der Waals surface area contributed by atoms with Crippen molar-refractivity contribution in [3.8, 4) is 0 Å². The third-order valence-electron chi connectivity index (χ3n) is 6.03. The summed E-state index contributed by atoms with van der Waals surface area (Å²) < 4.78 is 5.70. The molecule has 134 valence electrons. The number of carbonyl (C=O) groups excluding carboxylic acids is 1. The molecular weight excluding hydrogens is 290 g/mol. The lowest BCUT2D eigenvalue weighted by molar-refractivity contribution is -0.170. The van der Waals surface area contributed by atoms with Gasteiger partial charge in [0, 0.05) is 25.0 Å². The summed E-state index contributed by atoms with van der Waals surface area (Å²) >= 11 is 0. The van der Waals surface area contributed by atoms with Crippen LogP contribution in [-0.4, -0.2) is 55.2 Å². The van der Waals surface area contributed by atoms with E-state index < -0.39 is 5.54 Å². The molecule has 1 aliphatic carbocycles. The number of amides is 1. The average Bonchev–Trinajstić information content (AvgIpc) is 2.53. The Labute approximate surface area is 141 Å².